The Bertz CT molecular complexity index is 1550. The highest BCUT2D eigenvalue weighted by Gasteiger charge is 2.45. The van der Waals surface area contributed by atoms with Gasteiger partial charge in [-0.25, -0.2) is 4.79 Å². The number of amides is 1. The van der Waals surface area contributed by atoms with Crippen LogP contribution in [-0.2, 0) is 35.3 Å². The molecule has 1 amide bonds. The molecular weight excluding hydrogens is 510 g/mol. The van der Waals surface area contributed by atoms with Gasteiger partial charge in [-0.05, 0) is 76.1 Å². The van der Waals surface area contributed by atoms with Gasteiger partial charge in [-0.2, -0.15) is 0 Å². The SMILES string of the molecule is O=C(Cc1ccc(OC2CCc3ccccc32)cc1)NC1(C(=O)O)Cc2ccc(-c3ccc(Cl)cc3)cc2C1. The molecule has 0 radical (unpaired) electrons. The molecule has 0 heterocycles. The third-order valence-electron chi connectivity index (χ3n) is 7.80. The highest BCUT2D eigenvalue weighted by Crippen LogP contribution is 2.36. The molecule has 0 aliphatic heterocycles. The number of rotatable bonds is 7. The molecule has 4 aromatic rings. The summed E-state index contributed by atoms with van der Waals surface area (Å²) >= 11 is 6.02. The average molecular weight is 538 g/mol. The van der Waals surface area contributed by atoms with E-state index in [1.165, 1.54) is 11.1 Å². The lowest BCUT2D eigenvalue weighted by molar-refractivity contribution is -0.147. The Morgan fingerprint density at radius 2 is 1.59 bits per heavy atom. The van der Waals surface area contributed by atoms with E-state index in [0.29, 0.717) is 5.02 Å². The number of fused-ring (bicyclic) bond motifs is 2. The molecule has 196 valence electrons. The molecule has 2 N–H and O–H groups in total. The minimum atomic E-state index is -1.36. The molecule has 0 saturated heterocycles. The maximum absolute atomic E-state index is 13.0. The molecule has 0 fully saturated rings. The summed E-state index contributed by atoms with van der Waals surface area (Å²) in [7, 11) is 0. The first-order valence-corrected chi connectivity index (χ1v) is 13.5. The van der Waals surface area contributed by atoms with Gasteiger partial charge in [0.25, 0.3) is 0 Å². The molecule has 0 saturated carbocycles. The van der Waals surface area contributed by atoms with Gasteiger partial charge in [0, 0.05) is 17.9 Å². The fraction of sp³-hybridized carbons (Fsp3) is 0.212. The Hall–Kier alpha value is -4.09. The van der Waals surface area contributed by atoms with Crippen LogP contribution in [0.25, 0.3) is 11.1 Å². The lowest BCUT2D eigenvalue weighted by atomic mass is 9.95. The fourth-order valence-corrected chi connectivity index (χ4v) is 5.90. The molecule has 6 heteroatoms. The fourth-order valence-electron chi connectivity index (χ4n) is 5.78. The summed E-state index contributed by atoms with van der Waals surface area (Å²) in [5.74, 6) is -0.590. The number of aliphatic carboxylic acids is 1. The van der Waals surface area contributed by atoms with Crippen molar-refractivity contribution in [3.8, 4) is 16.9 Å². The summed E-state index contributed by atoms with van der Waals surface area (Å²) in [4.78, 5) is 25.5. The Morgan fingerprint density at radius 1 is 0.872 bits per heavy atom. The topological polar surface area (TPSA) is 75.6 Å². The number of nitrogens with one attached hydrogen (secondary N) is 1. The Morgan fingerprint density at radius 3 is 2.36 bits per heavy atom. The van der Waals surface area contributed by atoms with Crippen LogP contribution in [-0.4, -0.2) is 22.5 Å². The summed E-state index contributed by atoms with van der Waals surface area (Å²) in [6.07, 6.45) is 2.57. The first-order valence-electron chi connectivity index (χ1n) is 13.1. The van der Waals surface area contributed by atoms with Crippen molar-refractivity contribution in [2.24, 2.45) is 0 Å². The van der Waals surface area contributed by atoms with E-state index in [-0.39, 0.29) is 31.3 Å². The lowest BCUT2D eigenvalue weighted by Crippen LogP contribution is -2.55. The molecule has 6 rings (SSSR count). The van der Waals surface area contributed by atoms with Crippen LogP contribution >= 0.6 is 11.6 Å². The zero-order chi connectivity index (χ0) is 27.0. The van der Waals surface area contributed by atoms with Crippen LogP contribution in [0.1, 0.15) is 40.3 Å². The quantitative estimate of drug-likeness (QED) is 0.288. The average Bonchev–Trinajstić information content (AvgIpc) is 3.51. The monoisotopic (exact) mass is 537 g/mol. The Kier molecular flexibility index (Phi) is 6.61. The molecule has 0 bridgehead atoms. The van der Waals surface area contributed by atoms with E-state index in [1.54, 1.807) is 0 Å². The molecular formula is C33H28ClNO4. The van der Waals surface area contributed by atoms with Gasteiger partial charge in [0.2, 0.25) is 5.91 Å². The second-order valence-corrected chi connectivity index (χ2v) is 10.9. The first kappa shape index (κ1) is 25.2. The van der Waals surface area contributed by atoms with Gasteiger partial charge in [-0.3, -0.25) is 4.79 Å². The number of carbonyl (C=O) groups is 2. The highest BCUT2D eigenvalue weighted by atomic mass is 35.5. The molecule has 4 aromatic carbocycles. The highest BCUT2D eigenvalue weighted by molar-refractivity contribution is 6.30. The van der Waals surface area contributed by atoms with Crippen LogP contribution in [0.4, 0.5) is 0 Å². The van der Waals surface area contributed by atoms with E-state index in [2.05, 4.69) is 23.5 Å². The van der Waals surface area contributed by atoms with Gasteiger partial charge >= 0.3 is 5.97 Å². The maximum Gasteiger partial charge on any atom is 0.330 e. The van der Waals surface area contributed by atoms with Crippen molar-refractivity contribution in [1.29, 1.82) is 0 Å². The van der Waals surface area contributed by atoms with Gasteiger partial charge < -0.3 is 15.2 Å². The summed E-state index contributed by atoms with van der Waals surface area (Å²) in [5.41, 5.74) is 5.86. The Balaban J connectivity index is 1.11. The standard InChI is InChI=1S/C33H28ClNO4/c34-27-12-9-22(10-13-27)24-7-8-25-19-33(32(37)38,20-26(25)18-24)35-31(36)17-21-5-14-28(15-6-21)39-30-16-11-23-3-1-2-4-29(23)30/h1-10,12-15,18,30H,11,16-17,19-20H2,(H,35,36)(H,37,38). The molecule has 2 unspecified atom stereocenters. The number of carbonyl (C=O) groups excluding carboxylic acids is 1. The number of hydrogen-bond donors (Lipinski definition) is 2. The second kappa shape index (κ2) is 10.2. The van der Waals surface area contributed by atoms with E-state index in [4.69, 9.17) is 16.3 Å². The maximum atomic E-state index is 13.0. The van der Waals surface area contributed by atoms with Gasteiger partial charge in [0.05, 0.1) is 6.42 Å². The third kappa shape index (κ3) is 5.15. The molecule has 2 aliphatic carbocycles. The number of benzene rings is 4. The van der Waals surface area contributed by atoms with Gasteiger partial charge in [-0.1, -0.05) is 78.3 Å². The minimum Gasteiger partial charge on any atom is -0.486 e. The molecule has 0 spiro atoms. The van der Waals surface area contributed by atoms with Crippen LogP contribution < -0.4 is 10.1 Å². The summed E-state index contributed by atoms with van der Waals surface area (Å²) in [5, 5.41) is 13.7. The van der Waals surface area contributed by atoms with Crippen molar-refractivity contribution < 1.29 is 19.4 Å². The smallest absolute Gasteiger partial charge is 0.330 e. The van der Waals surface area contributed by atoms with E-state index in [1.807, 2.05) is 72.8 Å². The predicted molar refractivity (Wildman–Crippen MR) is 151 cm³/mol. The van der Waals surface area contributed by atoms with Gasteiger partial charge in [-0.15, -0.1) is 0 Å². The molecule has 5 nitrogen and oxygen atoms in total. The van der Waals surface area contributed by atoms with Crippen molar-refractivity contribution in [3.05, 3.63) is 124 Å². The van der Waals surface area contributed by atoms with Gasteiger partial charge in [0.1, 0.15) is 17.4 Å². The number of ether oxygens (including phenoxy) is 1. The zero-order valence-electron chi connectivity index (χ0n) is 21.3. The molecule has 0 aromatic heterocycles. The van der Waals surface area contributed by atoms with Crippen LogP contribution in [0.2, 0.25) is 5.02 Å². The Labute approximate surface area is 232 Å². The molecule has 2 atom stereocenters. The molecule has 2 aliphatic rings. The summed E-state index contributed by atoms with van der Waals surface area (Å²) in [6.45, 7) is 0. The van der Waals surface area contributed by atoms with Crippen molar-refractivity contribution in [3.63, 3.8) is 0 Å². The minimum absolute atomic E-state index is 0.0370. The second-order valence-electron chi connectivity index (χ2n) is 10.4. The number of aryl methyl sites for hydroxylation is 1. The lowest BCUT2D eigenvalue weighted by Gasteiger charge is -2.25. The summed E-state index contributed by atoms with van der Waals surface area (Å²) < 4.78 is 6.22. The van der Waals surface area contributed by atoms with E-state index in [9.17, 15) is 14.7 Å². The van der Waals surface area contributed by atoms with E-state index >= 15 is 0 Å². The normalized spacial score (nSPS) is 19.3. The molecule has 39 heavy (non-hydrogen) atoms. The first-order chi connectivity index (χ1) is 18.9. The number of carboxylic acids is 1. The number of hydrogen-bond acceptors (Lipinski definition) is 3. The van der Waals surface area contributed by atoms with Crippen LogP contribution in [0.5, 0.6) is 5.75 Å². The van der Waals surface area contributed by atoms with Gasteiger partial charge in [0.15, 0.2) is 0 Å². The van der Waals surface area contributed by atoms with Crippen molar-refractivity contribution in [1.82, 2.24) is 5.32 Å². The summed E-state index contributed by atoms with van der Waals surface area (Å²) in [6, 6.07) is 29.3. The number of halogens is 1. The van der Waals surface area contributed by atoms with Crippen molar-refractivity contribution in [2.45, 2.75) is 43.7 Å². The van der Waals surface area contributed by atoms with Crippen LogP contribution in [0.15, 0.2) is 91.0 Å². The van der Waals surface area contributed by atoms with Crippen LogP contribution in [0, 0.1) is 0 Å². The largest absolute Gasteiger partial charge is 0.486 e. The predicted octanol–water partition coefficient (Wildman–Crippen LogP) is 6.35. The third-order valence-corrected chi connectivity index (χ3v) is 8.05. The van der Waals surface area contributed by atoms with Crippen molar-refractivity contribution >= 4 is 23.5 Å². The van der Waals surface area contributed by atoms with Crippen molar-refractivity contribution in [2.75, 3.05) is 0 Å². The zero-order valence-corrected chi connectivity index (χ0v) is 22.1. The van der Waals surface area contributed by atoms with E-state index in [0.717, 1.165) is 46.4 Å². The van der Waals surface area contributed by atoms with Crippen LogP contribution in [0.3, 0.4) is 0 Å². The van der Waals surface area contributed by atoms with E-state index < -0.39 is 11.5 Å². The number of carboxylic acid groups (broad SMARTS) is 1.